The second-order valence-electron chi connectivity index (χ2n) is 4.03. The van der Waals surface area contributed by atoms with Crippen molar-refractivity contribution in [1.29, 1.82) is 0 Å². The van der Waals surface area contributed by atoms with Crippen LogP contribution in [0.3, 0.4) is 0 Å². The average Bonchev–Trinajstić information content (AvgIpc) is 2.39. The molecule has 0 fully saturated rings. The molecule has 0 spiro atoms. The van der Waals surface area contributed by atoms with Gasteiger partial charge in [0.1, 0.15) is 5.69 Å². The van der Waals surface area contributed by atoms with Crippen molar-refractivity contribution in [1.82, 2.24) is 0 Å². The number of hydrogen-bond donors (Lipinski definition) is 1. The lowest BCUT2D eigenvalue weighted by Gasteiger charge is -2.11. The summed E-state index contributed by atoms with van der Waals surface area (Å²) in [4.78, 5) is 10.2. The van der Waals surface area contributed by atoms with Crippen LogP contribution in [0.1, 0.15) is 12.5 Å². The normalized spacial score (nSPS) is 10.2. The number of nitrogens with one attached hydrogen (secondary N) is 1. The first-order valence-corrected chi connectivity index (χ1v) is 5.91. The second kappa shape index (κ2) is 5.48. The van der Waals surface area contributed by atoms with Crippen LogP contribution < -0.4 is 5.32 Å². The van der Waals surface area contributed by atoms with E-state index in [1.807, 2.05) is 31.2 Å². The predicted molar refractivity (Wildman–Crippen MR) is 72.2 cm³/mol. The van der Waals surface area contributed by atoms with Gasteiger partial charge >= 0.3 is 5.69 Å². The zero-order valence-corrected chi connectivity index (χ0v) is 10.4. The fourth-order valence-corrected chi connectivity index (χ4v) is 1.90. The third-order valence-corrected chi connectivity index (χ3v) is 2.84. The number of aryl methyl sites for hydroxylation is 1. The van der Waals surface area contributed by atoms with Crippen LogP contribution in [0.2, 0.25) is 0 Å². The summed E-state index contributed by atoms with van der Waals surface area (Å²) in [5.74, 6) is -0.844. The lowest BCUT2D eigenvalue weighted by Crippen LogP contribution is -2.01. The molecular weight excluding hydrogens is 247 g/mol. The van der Waals surface area contributed by atoms with Crippen LogP contribution in [0.4, 0.5) is 21.5 Å². The summed E-state index contributed by atoms with van der Waals surface area (Å²) in [6, 6.07) is 11.5. The number of anilines is 2. The van der Waals surface area contributed by atoms with Crippen molar-refractivity contribution in [2.24, 2.45) is 0 Å². The lowest BCUT2D eigenvalue weighted by atomic mass is 10.1. The van der Waals surface area contributed by atoms with Crippen LogP contribution in [0.5, 0.6) is 0 Å². The van der Waals surface area contributed by atoms with E-state index in [0.29, 0.717) is 0 Å². The Hall–Kier alpha value is -2.43. The summed E-state index contributed by atoms with van der Waals surface area (Å²) in [6.07, 6.45) is 0.784. The van der Waals surface area contributed by atoms with E-state index in [9.17, 15) is 14.5 Å². The molecule has 0 aromatic heterocycles. The van der Waals surface area contributed by atoms with Gasteiger partial charge < -0.3 is 5.32 Å². The Bertz CT molecular complexity index is 614. The van der Waals surface area contributed by atoms with Gasteiger partial charge in [-0.25, -0.2) is 0 Å². The molecule has 2 rings (SSSR count). The van der Waals surface area contributed by atoms with E-state index in [1.54, 1.807) is 0 Å². The Labute approximate surface area is 110 Å². The number of nitro groups is 1. The van der Waals surface area contributed by atoms with Gasteiger partial charge in [-0.1, -0.05) is 31.2 Å². The smallest absolute Gasteiger partial charge is 0.327 e. The summed E-state index contributed by atoms with van der Waals surface area (Å²) in [6.45, 7) is 1.99. The molecule has 0 bridgehead atoms. The van der Waals surface area contributed by atoms with Crippen LogP contribution in [-0.4, -0.2) is 4.92 Å². The molecule has 98 valence electrons. The minimum Gasteiger partial charge on any atom is -0.350 e. The predicted octanol–water partition coefficient (Wildman–Crippen LogP) is 4.04. The van der Waals surface area contributed by atoms with Crippen LogP contribution in [0, 0.1) is 15.9 Å². The van der Waals surface area contributed by atoms with E-state index in [1.165, 1.54) is 12.1 Å². The maximum absolute atomic E-state index is 13.5. The van der Waals surface area contributed by atoms with Crippen molar-refractivity contribution in [2.45, 2.75) is 13.3 Å². The van der Waals surface area contributed by atoms with Gasteiger partial charge in [0.05, 0.1) is 4.92 Å². The van der Waals surface area contributed by atoms with Gasteiger partial charge in [0.25, 0.3) is 0 Å². The highest BCUT2D eigenvalue weighted by Crippen LogP contribution is 2.31. The molecule has 0 saturated carbocycles. The van der Waals surface area contributed by atoms with Crippen molar-refractivity contribution in [3.05, 3.63) is 64.0 Å². The fraction of sp³-hybridized carbons (Fsp3) is 0.143. The lowest BCUT2D eigenvalue weighted by molar-refractivity contribution is -0.386. The van der Waals surface area contributed by atoms with Crippen LogP contribution in [0.25, 0.3) is 0 Å². The number of nitrogens with zero attached hydrogens (tertiary/aromatic N) is 1. The van der Waals surface area contributed by atoms with Crippen molar-refractivity contribution >= 4 is 17.1 Å². The number of rotatable bonds is 4. The second-order valence-corrected chi connectivity index (χ2v) is 4.03. The Kier molecular flexibility index (Phi) is 3.75. The maximum atomic E-state index is 13.5. The highest BCUT2D eigenvalue weighted by Gasteiger charge is 2.20. The molecular formula is C14H13FN2O2. The Morgan fingerprint density at radius 2 is 1.84 bits per heavy atom. The highest BCUT2D eigenvalue weighted by atomic mass is 19.1. The quantitative estimate of drug-likeness (QED) is 0.666. The molecule has 0 aliphatic heterocycles. The molecule has 0 saturated heterocycles. The topological polar surface area (TPSA) is 55.2 Å². The zero-order chi connectivity index (χ0) is 13.8. The molecule has 2 aromatic carbocycles. The first kappa shape index (κ1) is 13.0. The van der Waals surface area contributed by atoms with E-state index < -0.39 is 16.4 Å². The monoisotopic (exact) mass is 260 g/mol. The third-order valence-electron chi connectivity index (χ3n) is 2.84. The van der Waals surface area contributed by atoms with Crippen molar-refractivity contribution < 1.29 is 9.31 Å². The van der Waals surface area contributed by atoms with E-state index >= 15 is 0 Å². The van der Waals surface area contributed by atoms with Gasteiger partial charge in [0.15, 0.2) is 0 Å². The molecule has 5 heteroatoms. The summed E-state index contributed by atoms with van der Waals surface area (Å²) in [5.41, 5.74) is 1.39. The van der Waals surface area contributed by atoms with E-state index in [-0.39, 0.29) is 5.69 Å². The van der Waals surface area contributed by atoms with Gasteiger partial charge in [-0.05, 0) is 30.2 Å². The number of halogens is 1. The first-order chi connectivity index (χ1) is 9.13. The molecule has 0 radical (unpaired) electrons. The molecule has 4 nitrogen and oxygen atoms in total. The van der Waals surface area contributed by atoms with E-state index in [2.05, 4.69) is 5.32 Å². The minimum atomic E-state index is -0.844. The van der Waals surface area contributed by atoms with Crippen molar-refractivity contribution in [2.75, 3.05) is 5.32 Å². The largest absolute Gasteiger partial charge is 0.350 e. The number of para-hydroxylation sites is 2. The van der Waals surface area contributed by atoms with Gasteiger partial charge in [-0.3, -0.25) is 10.1 Å². The molecule has 0 amide bonds. The summed E-state index contributed by atoms with van der Waals surface area (Å²) in [5, 5.41) is 13.8. The first-order valence-electron chi connectivity index (χ1n) is 5.91. The zero-order valence-electron chi connectivity index (χ0n) is 10.4. The van der Waals surface area contributed by atoms with Gasteiger partial charge in [0, 0.05) is 5.69 Å². The molecule has 0 aliphatic carbocycles. The molecule has 0 heterocycles. The molecule has 1 N–H and O–H groups in total. The fourth-order valence-electron chi connectivity index (χ4n) is 1.90. The van der Waals surface area contributed by atoms with E-state index in [4.69, 9.17) is 0 Å². The molecule has 0 aliphatic rings. The van der Waals surface area contributed by atoms with Crippen LogP contribution >= 0.6 is 0 Å². The highest BCUT2D eigenvalue weighted by molar-refractivity contribution is 5.71. The third kappa shape index (κ3) is 2.70. The van der Waals surface area contributed by atoms with Crippen molar-refractivity contribution in [3.63, 3.8) is 0 Å². The number of nitro benzene ring substituents is 1. The standard InChI is InChI=1S/C14H13FN2O2/c1-2-10-6-3-4-8-12(10)16-13-9-5-7-11(15)14(13)17(18)19/h3-9,16H,2H2,1H3. The van der Waals surface area contributed by atoms with Gasteiger partial charge in [-0.15, -0.1) is 0 Å². The Balaban J connectivity index is 2.44. The average molecular weight is 260 g/mol. The SMILES string of the molecule is CCc1ccccc1Nc1cccc(F)c1[N+](=O)[O-]. The summed E-state index contributed by atoms with van der Waals surface area (Å²) >= 11 is 0. The molecule has 19 heavy (non-hydrogen) atoms. The Morgan fingerprint density at radius 1 is 1.16 bits per heavy atom. The van der Waals surface area contributed by atoms with Crippen LogP contribution in [0.15, 0.2) is 42.5 Å². The molecule has 0 unspecified atom stereocenters. The summed E-state index contributed by atoms with van der Waals surface area (Å²) < 4.78 is 13.5. The number of benzene rings is 2. The Morgan fingerprint density at radius 3 is 2.53 bits per heavy atom. The summed E-state index contributed by atoms with van der Waals surface area (Å²) in [7, 11) is 0. The van der Waals surface area contributed by atoms with Gasteiger partial charge in [-0.2, -0.15) is 4.39 Å². The maximum Gasteiger partial charge on any atom is 0.327 e. The minimum absolute atomic E-state index is 0.158. The van der Waals surface area contributed by atoms with Crippen molar-refractivity contribution in [3.8, 4) is 0 Å². The number of hydrogen-bond acceptors (Lipinski definition) is 3. The molecule has 0 atom stereocenters. The van der Waals surface area contributed by atoms with Gasteiger partial charge in [0.2, 0.25) is 5.82 Å². The molecule has 2 aromatic rings. The van der Waals surface area contributed by atoms with Crippen LogP contribution in [-0.2, 0) is 6.42 Å². The van der Waals surface area contributed by atoms with E-state index in [0.717, 1.165) is 23.7 Å².